The van der Waals surface area contributed by atoms with Gasteiger partial charge in [-0.25, -0.2) is 4.39 Å². The Balaban J connectivity index is 1.66. The van der Waals surface area contributed by atoms with E-state index >= 15 is 0 Å². The predicted molar refractivity (Wildman–Crippen MR) is 84.6 cm³/mol. The summed E-state index contributed by atoms with van der Waals surface area (Å²) in [6.07, 6.45) is 0. The highest BCUT2D eigenvalue weighted by Crippen LogP contribution is 2.25. The number of anilines is 2. The van der Waals surface area contributed by atoms with Crippen LogP contribution in [0.3, 0.4) is 0 Å². The molecule has 0 saturated carbocycles. The van der Waals surface area contributed by atoms with Crippen molar-refractivity contribution in [3.8, 4) is 0 Å². The molecule has 0 radical (unpaired) electrons. The lowest BCUT2D eigenvalue weighted by atomic mass is 10.2. The molecule has 1 amide bonds. The highest BCUT2D eigenvalue weighted by molar-refractivity contribution is 5.97. The first-order valence-corrected chi connectivity index (χ1v) is 7.08. The van der Waals surface area contributed by atoms with E-state index in [1.807, 2.05) is 0 Å². The van der Waals surface area contributed by atoms with Crippen molar-refractivity contribution < 1.29 is 18.0 Å². The summed E-state index contributed by atoms with van der Waals surface area (Å²) in [6, 6.07) is 9.25. The van der Waals surface area contributed by atoms with Crippen LogP contribution < -0.4 is 10.6 Å². The van der Waals surface area contributed by atoms with E-state index in [0.29, 0.717) is 27.8 Å². The van der Waals surface area contributed by atoms with Gasteiger partial charge >= 0.3 is 12.0 Å². The van der Waals surface area contributed by atoms with Gasteiger partial charge < -0.3 is 14.2 Å². The number of carbonyl (C=O) groups excluding carboxylic acids is 1. The zero-order chi connectivity index (χ0) is 16.7. The van der Waals surface area contributed by atoms with Crippen LogP contribution in [0.4, 0.5) is 16.4 Å². The average Bonchev–Trinajstić information content (AvgIpc) is 3.15. The largest absolute Gasteiger partial charge is 0.423 e. The second-order valence-corrected chi connectivity index (χ2v) is 5.04. The number of benzene rings is 2. The molecule has 2 aromatic heterocycles. The number of hydrogen-bond acceptors (Lipinski definition) is 6. The lowest BCUT2D eigenvalue weighted by Gasteiger charge is -1.97. The van der Waals surface area contributed by atoms with Gasteiger partial charge in [0.1, 0.15) is 16.9 Å². The van der Waals surface area contributed by atoms with Gasteiger partial charge in [-0.3, -0.25) is 10.1 Å². The van der Waals surface area contributed by atoms with Crippen molar-refractivity contribution in [3.05, 3.63) is 47.8 Å². The number of nitrogens with one attached hydrogen (secondary N) is 2. The molecule has 4 rings (SSSR count). The van der Waals surface area contributed by atoms with Gasteiger partial charge in [-0.1, -0.05) is 0 Å². The second kappa shape index (κ2) is 5.34. The Labute approximate surface area is 134 Å². The maximum Gasteiger partial charge on any atom is 0.303 e. The molecule has 0 saturated heterocycles. The fourth-order valence-electron chi connectivity index (χ4n) is 2.31. The molecule has 0 atom stereocenters. The van der Waals surface area contributed by atoms with E-state index in [1.54, 1.807) is 25.2 Å². The fraction of sp³-hybridized carbons (Fsp3) is 0.0625. The van der Waals surface area contributed by atoms with Crippen LogP contribution >= 0.6 is 0 Å². The first kappa shape index (κ1) is 14.2. The lowest BCUT2D eigenvalue weighted by molar-refractivity contribution is 0.0963. The molecule has 0 aliphatic rings. The molecule has 2 N–H and O–H groups in total. The second-order valence-electron chi connectivity index (χ2n) is 5.04. The van der Waals surface area contributed by atoms with Gasteiger partial charge in [-0.15, -0.1) is 0 Å². The van der Waals surface area contributed by atoms with Crippen LogP contribution in [0.25, 0.3) is 22.2 Å². The Hall–Kier alpha value is -3.42. The molecule has 7 nitrogen and oxygen atoms in total. The summed E-state index contributed by atoms with van der Waals surface area (Å²) in [5, 5.41) is 5.33. The Morgan fingerprint density at radius 1 is 1.00 bits per heavy atom. The standard InChI is InChI=1S/C16H11FN4O3/c1-18-14(22)8-2-4-12-10(6-8)19-15(23-12)21-16-20-11-7-9(17)3-5-13(11)24-16/h2-7H,1H3,(H,18,22)(H,19,20,21). The third-order valence-electron chi connectivity index (χ3n) is 3.44. The smallest absolute Gasteiger partial charge is 0.303 e. The number of hydrogen-bond donors (Lipinski definition) is 2. The molecule has 0 aliphatic heterocycles. The summed E-state index contributed by atoms with van der Waals surface area (Å²) in [6.45, 7) is 0. The monoisotopic (exact) mass is 326 g/mol. The van der Waals surface area contributed by atoms with Gasteiger partial charge in [0, 0.05) is 18.7 Å². The molecule has 0 unspecified atom stereocenters. The minimum absolute atomic E-state index is 0.133. The Morgan fingerprint density at radius 3 is 2.29 bits per heavy atom. The zero-order valence-electron chi connectivity index (χ0n) is 12.5. The van der Waals surface area contributed by atoms with E-state index in [0.717, 1.165) is 0 Å². The van der Waals surface area contributed by atoms with Gasteiger partial charge in [0.05, 0.1) is 0 Å². The molecule has 24 heavy (non-hydrogen) atoms. The van der Waals surface area contributed by atoms with Gasteiger partial charge in [0.25, 0.3) is 5.91 Å². The van der Waals surface area contributed by atoms with Crippen molar-refractivity contribution in [2.75, 3.05) is 12.4 Å². The van der Waals surface area contributed by atoms with E-state index < -0.39 is 5.82 Å². The normalized spacial score (nSPS) is 11.1. The van der Waals surface area contributed by atoms with Crippen molar-refractivity contribution in [2.24, 2.45) is 0 Å². The van der Waals surface area contributed by atoms with Crippen LogP contribution in [-0.2, 0) is 0 Å². The quantitative estimate of drug-likeness (QED) is 0.600. The van der Waals surface area contributed by atoms with Gasteiger partial charge in [-0.05, 0) is 30.3 Å². The van der Waals surface area contributed by atoms with E-state index in [4.69, 9.17) is 8.83 Å². The molecule has 0 fully saturated rings. The Bertz CT molecular complexity index is 1070. The van der Waals surface area contributed by atoms with Crippen LogP contribution in [0.2, 0.25) is 0 Å². The fourth-order valence-corrected chi connectivity index (χ4v) is 2.31. The topological polar surface area (TPSA) is 93.2 Å². The maximum absolute atomic E-state index is 13.2. The Morgan fingerprint density at radius 2 is 1.62 bits per heavy atom. The molecule has 8 heteroatoms. The van der Waals surface area contributed by atoms with E-state index in [9.17, 15) is 9.18 Å². The van der Waals surface area contributed by atoms with E-state index in [2.05, 4.69) is 20.6 Å². The summed E-state index contributed by atoms with van der Waals surface area (Å²) >= 11 is 0. The summed E-state index contributed by atoms with van der Waals surface area (Å²) in [7, 11) is 1.55. The van der Waals surface area contributed by atoms with Crippen molar-refractivity contribution in [1.82, 2.24) is 15.3 Å². The molecular weight excluding hydrogens is 315 g/mol. The van der Waals surface area contributed by atoms with Crippen LogP contribution in [0.1, 0.15) is 10.4 Å². The summed E-state index contributed by atoms with van der Waals surface area (Å²) < 4.78 is 24.2. The molecule has 0 aliphatic carbocycles. The first-order chi connectivity index (χ1) is 11.6. The molecule has 2 heterocycles. The minimum Gasteiger partial charge on any atom is -0.423 e. The minimum atomic E-state index is -0.397. The lowest BCUT2D eigenvalue weighted by Crippen LogP contribution is -2.17. The number of oxazole rings is 2. The number of halogens is 1. The van der Waals surface area contributed by atoms with Gasteiger partial charge in [0.15, 0.2) is 11.2 Å². The van der Waals surface area contributed by atoms with Crippen molar-refractivity contribution in [2.45, 2.75) is 0 Å². The van der Waals surface area contributed by atoms with E-state index in [1.165, 1.54) is 18.2 Å². The molecule has 4 aromatic rings. The van der Waals surface area contributed by atoms with Crippen LogP contribution in [0.5, 0.6) is 0 Å². The summed E-state index contributed by atoms with van der Waals surface area (Å²) in [5.41, 5.74) is 2.32. The molecule has 0 spiro atoms. The summed E-state index contributed by atoms with van der Waals surface area (Å²) in [5.74, 6) is -0.610. The zero-order valence-corrected chi connectivity index (χ0v) is 12.5. The first-order valence-electron chi connectivity index (χ1n) is 7.08. The Kier molecular flexibility index (Phi) is 3.16. The van der Waals surface area contributed by atoms with E-state index in [-0.39, 0.29) is 17.9 Å². The van der Waals surface area contributed by atoms with Crippen molar-refractivity contribution in [3.63, 3.8) is 0 Å². The highest BCUT2D eigenvalue weighted by Gasteiger charge is 2.13. The van der Waals surface area contributed by atoms with Crippen molar-refractivity contribution in [1.29, 1.82) is 0 Å². The number of rotatable bonds is 3. The highest BCUT2D eigenvalue weighted by atomic mass is 19.1. The van der Waals surface area contributed by atoms with Gasteiger partial charge in [-0.2, -0.15) is 9.97 Å². The van der Waals surface area contributed by atoms with Crippen LogP contribution in [0, 0.1) is 5.82 Å². The van der Waals surface area contributed by atoms with Crippen LogP contribution in [0.15, 0.2) is 45.2 Å². The number of fused-ring (bicyclic) bond motifs is 2. The molecule has 0 bridgehead atoms. The average molecular weight is 326 g/mol. The third kappa shape index (κ3) is 2.43. The van der Waals surface area contributed by atoms with Crippen molar-refractivity contribution >= 4 is 40.1 Å². The SMILES string of the molecule is CNC(=O)c1ccc2oc(Nc3nc4cc(F)ccc4o3)nc2c1. The summed E-state index contributed by atoms with van der Waals surface area (Å²) in [4.78, 5) is 20.0. The number of carbonyl (C=O) groups is 1. The molecule has 2 aromatic carbocycles. The third-order valence-corrected chi connectivity index (χ3v) is 3.44. The maximum atomic E-state index is 13.2. The van der Waals surface area contributed by atoms with Crippen LogP contribution in [-0.4, -0.2) is 22.9 Å². The number of amides is 1. The number of aromatic nitrogens is 2. The molecule has 120 valence electrons. The van der Waals surface area contributed by atoms with Gasteiger partial charge in [0.2, 0.25) is 0 Å². The number of nitrogens with zero attached hydrogens (tertiary/aromatic N) is 2. The molecular formula is C16H11FN4O3. The predicted octanol–water partition coefficient (Wildman–Crippen LogP) is 3.21.